The largest absolute Gasteiger partial charge is 0.488 e. The minimum absolute atomic E-state index is 0.0725. The van der Waals surface area contributed by atoms with Gasteiger partial charge in [0.1, 0.15) is 11.9 Å². The molecule has 3 fully saturated rings. The standard InChI is InChI=1S/C33H40N4O3/c1-33(2)26-19-28(37-13-11-36(12-14-37)22-5-4-6-22)29(40-23-9-15-39-16-10-23)18-25(26)31(38)30-24-8-7-21(20-34-3)17-27(24)35-32(30)33/h7-8,17-19,22-23,35H,3-6,9-16,20H2,1-2H3. The first-order chi connectivity index (χ1) is 19.4. The van der Waals surface area contributed by atoms with E-state index < -0.39 is 0 Å². The Kier molecular flexibility index (Phi) is 6.47. The Labute approximate surface area is 236 Å². The normalized spacial score (nSPS) is 21.6. The van der Waals surface area contributed by atoms with Crippen molar-refractivity contribution in [1.82, 2.24) is 9.88 Å². The van der Waals surface area contributed by atoms with Gasteiger partial charge in [-0.1, -0.05) is 32.4 Å². The zero-order valence-electron chi connectivity index (χ0n) is 23.8. The maximum atomic E-state index is 14.2. The molecule has 3 heterocycles. The number of aromatic amines is 1. The number of anilines is 1. The number of aliphatic imine (C=N–C) groups is 1. The Morgan fingerprint density at radius 1 is 1.07 bits per heavy atom. The van der Waals surface area contributed by atoms with Gasteiger partial charge >= 0.3 is 0 Å². The Morgan fingerprint density at radius 3 is 2.55 bits per heavy atom. The van der Waals surface area contributed by atoms with Crippen LogP contribution in [0, 0.1) is 0 Å². The summed E-state index contributed by atoms with van der Waals surface area (Å²) in [6.07, 6.45) is 5.90. The summed E-state index contributed by atoms with van der Waals surface area (Å²) in [5.74, 6) is 0.915. The number of nitrogens with zero attached hydrogens (tertiary/aromatic N) is 3. The summed E-state index contributed by atoms with van der Waals surface area (Å²) >= 11 is 0. The van der Waals surface area contributed by atoms with Crippen LogP contribution in [0.1, 0.15) is 78.7 Å². The van der Waals surface area contributed by atoms with Gasteiger partial charge in [-0.05, 0) is 48.9 Å². The van der Waals surface area contributed by atoms with Crippen LogP contribution in [0.3, 0.4) is 0 Å². The van der Waals surface area contributed by atoms with Crippen molar-refractivity contribution in [3.8, 4) is 5.75 Å². The van der Waals surface area contributed by atoms with E-state index in [1.54, 1.807) is 0 Å². The molecule has 7 rings (SSSR count). The predicted molar refractivity (Wildman–Crippen MR) is 159 cm³/mol. The smallest absolute Gasteiger partial charge is 0.195 e. The van der Waals surface area contributed by atoms with Crippen LogP contribution in [0.25, 0.3) is 10.9 Å². The van der Waals surface area contributed by atoms with Crippen molar-refractivity contribution >= 4 is 29.1 Å². The van der Waals surface area contributed by atoms with Crippen LogP contribution >= 0.6 is 0 Å². The van der Waals surface area contributed by atoms with E-state index in [9.17, 15) is 4.79 Å². The lowest BCUT2D eigenvalue weighted by Crippen LogP contribution is -2.52. The number of carbonyl (C=O) groups is 1. The number of piperazine rings is 1. The van der Waals surface area contributed by atoms with E-state index in [4.69, 9.17) is 9.47 Å². The van der Waals surface area contributed by atoms with Crippen LogP contribution in [0.4, 0.5) is 5.69 Å². The highest BCUT2D eigenvalue weighted by Crippen LogP contribution is 2.47. The molecule has 0 unspecified atom stereocenters. The van der Waals surface area contributed by atoms with Gasteiger partial charge in [0.05, 0.1) is 31.0 Å². The van der Waals surface area contributed by atoms with E-state index in [0.29, 0.717) is 6.54 Å². The lowest BCUT2D eigenvalue weighted by molar-refractivity contribution is 0.0256. The van der Waals surface area contributed by atoms with Gasteiger partial charge in [-0.2, -0.15) is 0 Å². The fourth-order valence-electron chi connectivity index (χ4n) is 7.11. The van der Waals surface area contributed by atoms with E-state index >= 15 is 0 Å². The van der Waals surface area contributed by atoms with Gasteiger partial charge in [0.25, 0.3) is 0 Å². The van der Waals surface area contributed by atoms with Crippen molar-refractivity contribution in [2.45, 2.75) is 70.1 Å². The number of aromatic nitrogens is 1. The molecule has 2 saturated heterocycles. The van der Waals surface area contributed by atoms with Crippen molar-refractivity contribution in [2.75, 3.05) is 44.3 Å². The fourth-order valence-corrected chi connectivity index (χ4v) is 7.11. The number of fused-ring (bicyclic) bond motifs is 4. The first kappa shape index (κ1) is 25.8. The van der Waals surface area contributed by atoms with E-state index in [2.05, 4.69) is 64.6 Å². The fraction of sp³-hybridized carbons (Fsp3) is 0.515. The minimum atomic E-state index is -0.367. The van der Waals surface area contributed by atoms with Gasteiger partial charge in [0, 0.05) is 72.6 Å². The number of ether oxygens (including phenoxy) is 2. The number of ketones is 1. The molecule has 7 nitrogen and oxygen atoms in total. The maximum absolute atomic E-state index is 14.2. The van der Waals surface area contributed by atoms with E-state index in [1.165, 1.54) is 19.3 Å². The van der Waals surface area contributed by atoms with E-state index in [1.807, 2.05) is 6.07 Å². The molecule has 0 amide bonds. The molecule has 0 atom stereocenters. The Hall–Kier alpha value is -3.16. The first-order valence-electron chi connectivity index (χ1n) is 15.0. The molecule has 1 saturated carbocycles. The minimum Gasteiger partial charge on any atom is -0.488 e. The summed E-state index contributed by atoms with van der Waals surface area (Å²) in [4.78, 5) is 27.1. The number of rotatable bonds is 6. The molecule has 210 valence electrons. The number of nitrogens with one attached hydrogen (secondary N) is 1. The van der Waals surface area contributed by atoms with Crippen LogP contribution in [0.15, 0.2) is 35.3 Å². The quantitative estimate of drug-likeness (QED) is 0.420. The Morgan fingerprint density at radius 2 is 1.85 bits per heavy atom. The number of carbonyl (C=O) groups excluding carboxylic acids is 1. The van der Waals surface area contributed by atoms with Crippen LogP contribution in [0.2, 0.25) is 0 Å². The molecule has 40 heavy (non-hydrogen) atoms. The zero-order chi connectivity index (χ0) is 27.4. The third-order valence-electron chi connectivity index (χ3n) is 9.73. The SMILES string of the molecule is C=NCc1ccc2c3c([nH]c2c1)C(C)(C)c1cc(N2CCN(C4CCC4)CC2)c(OC2CCOCC2)cc1C3=O. The molecule has 1 aromatic heterocycles. The van der Waals surface area contributed by atoms with Crippen LogP contribution in [-0.4, -0.2) is 73.9 Å². The van der Waals surface area contributed by atoms with Gasteiger partial charge in [-0.3, -0.25) is 14.7 Å². The summed E-state index contributed by atoms with van der Waals surface area (Å²) in [6, 6.07) is 11.3. The highest BCUT2D eigenvalue weighted by atomic mass is 16.5. The monoisotopic (exact) mass is 540 g/mol. The molecule has 0 spiro atoms. The zero-order valence-corrected chi connectivity index (χ0v) is 23.8. The van der Waals surface area contributed by atoms with Crippen molar-refractivity contribution in [3.63, 3.8) is 0 Å². The summed E-state index contributed by atoms with van der Waals surface area (Å²) in [6.45, 7) is 14.2. The second-order valence-corrected chi connectivity index (χ2v) is 12.5. The average molecular weight is 541 g/mol. The maximum Gasteiger partial charge on any atom is 0.195 e. The van der Waals surface area contributed by atoms with Gasteiger partial charge < -0.3 is 19.4 Å². The van der Waals surface area contributed by atoms with Crippen LogP contribution in [-0.2, 0) is 16.7 Å². The summed E-state index contributed by atoms with van der Waals surface area (Å²) in [7, 11) is 0. The van der Waals surface area contributed by atoms with Crippen LogP contribution < -0.4 is 9.64 Å². The van der Waals surface area contributed by atoms with Gasteiger partial charge in [0.15, 0.2) is 5.78 Å². The van der Waals surface area contributed by atoms with E-state index in [0.717, 1.165) is 109 Å². The number of hydrogen-bond donors (Lipinski definition) is 1. The average Bonchev–Trinajstić information content (AvgIpc) is 3.32. The molecule has 2 aliphatic carbocycles. The Bertz CT molecular complexity index is 1460. The molecule has 7 heteroatoms. The number of hydrogen-bond acceptors (Lipinski definition) is 6. The van der Waals surface area contributed by atoms with E-state index in [-0.39, 0.29) is 17.3 Å². The lowest BCUT2D eigenvalue weighted by Gasteiger charge is -2.44. The molecule has 0 radical (unpaired) electrons. The summed E-state index contributed by atoms with van der Waals surface area (Å²) in [5, 5.41) is 0.967. The van der Waals surface area contributed by atoms with Crippen molar-refractivity contribution in [2.24, 2.45) is 4.99 Å². The number of H-pyrrole nitrogens is 1. The molecular formula is C33H40N4O3. The third kappa shape index (κ3) is 4.25. The molecule has 4 aliphatic rings. The molecule has 2 aromatic carbocycles. The topological polar surface area (TPSA) is 70.2 Å². The summed E-state index contributed by atoms with van der Waals surface area (Å²) < 4.78 is 12.3. The summed E-state index contributed by atoms with van der Waals surface area (Å²) in [5.41, 5.74) is 6.42. The van der Waals surface area contributed by atoms with Gasteiger partial charge in [0.2, 0.25) is 0 Å². The van der Waals surface area contributed by atoms with Crippen molar-refractivity contribution < 1.29 is 14.3 Å². The molecule has 3 aromatic rings. The molecular weight excluding hydrogens is 500 g/mol. The molecule has 1 N–H and O–H groups in total. The molecule has 0 bridgehead atoms. The lowest BCUT2D eigenvalue weighted by atomic mass is 9.71. The van der Waals surface area contributed by atoms with Gasteiger partial charge in [-0.15, -0.1) is 0 Å². The number of benzene rings is 2. The Balaban J connectivity index is 1.30. The second kappa shape index (κ2) is 10.0. The van der Waals surface area contributed by atoms with Crippen molar-refractivity contribution in [3.05, 3.63) is 58.3 Å². The van der Waals surface area contributed by atoms with Crippen LogP contribution in [0.5, 0.6) is 5.75 Å². The highest BCUT2D eigenvalue weighted by molar-refractivity contribution is 6.20. The van der Waals surface area contributed by atoms with Crippen molar-refractivity contribution in [1.29, 1.82) is 0 Å². The highest BCUT2D eigenvalue weighted by Gasteiger charge is 2.41. The second-order valence-electron chi connectivity index (χ2n) is 12.5. The molecule has 2 aliphatic heterocycles. The predicted octanol–water partition coefficient (Wildman–Crippen LogP) is 5.47. The van der Waals surface area contributed by atoms with Gasteiger partial charge in [-0.25, -0.2) is 0 Å². The first-order valence-corrected chi connectivity index (χ1v) is 15.0. The third-order valence-corrected chi connectivity index (χ3v) is 9.73.